The van der Waals surface area contributed by atoms with Crippen LogP contribution in [0.25, 0.3) is 10.8 Å². The van der Waals surface area contributed by atoms with E-state index in [1.165, 1.54) is 29.2 Å². The molecule has 0 radical (unpaired) electrons. The molecule has 1 saturated carbocycles. The van der Waals surface area contributed by atoms with Crippen LogP contribution in [0, 0.1) is 11.8 Å². The Labute approximate surface area is 127 Å². The highest BCUT2D eigenvalue weighted by atomic mass is 16.1. The topological polar surface area (TPSA) is 17.1 Å². The summed E-state index contributed by atoms with van der Waals surface area (Å²) in [5, 5.41) is 2.59. The Morgan fingerprint density at radius 1 is 1.10 bits per heavy atom. The van der Waals surface area contributed by atoms with Crippen LogP contribution in [0.3, 0.4) is 0 Å². The predicted octanol–water partition coefficient (Wildman–Crippen LogP) is 5.17. The molecule has 1 fully saturated rings. The Hall–Kier alpha value is -1.63. The third-order valence-corrected chi connectivity index (χ3v) is 4.92. The minimum atomic E-state index is 0.237. The lowest BCUT2D eigenvalue weighted by Gasteiger charge is -2.28. The lowest BCUT2D eigenvalue weighted by Crippen LogP contribution is -2.26. The molecule has 2 aromatic rings. The van der Waals surface area contributed by atoms with Crippen LogP contribution in [-0.2, 0) is 11.2 Å². The van der Waals surface area contributed by atoms with Crippen molar-refractivity contribution in [1.82, 2.24) is 0 Å². The number of Topliss-reactive ketones (excluding diaryl/α,β-unsaturated/α-hetero) is 1. The molecule has 0 spiro atoms. The average Bonchev–Trinajstić information content (AvgIpc) is 2.51. The summed E-state index contributed by atoms with van der Waals surface area (Å²) in [5.74, 6) is 1.48. The highest BCUT2D eigenvalue weighted by Gasteiger charge is 2.28. The van der Waals surface area contributed by atoms with Gasteiger partial charge in [-0.1, -0.05) is 62.2 Å². The molecule has 1 aliphatic rings. The minimum absolute atomic E-state index is 0.237. The molecule has 2 atom stereocenters. The normalized spacial score (nSPS) is 22.6. The number of carbonyl (C=O) groups is 1. The molecule has 0 bridgehead atoms. The van der Waals surface area contributed by atoms with E-state index in [1.807, 2.05) is 0 Å². The highest BCUT2D eigenvalue weighted by Crippen LogP contribution is 2.33. The van der Waals surface area contributed by atoms with Gasteiger partial charge in [0.05, 0.1) is 0 Å². The summed E-state index contributed by atoms with van der Waals surface area (Å²) < 4.78 is 0. The van der Waals surface area contributed by atoms with Crippen molar-refractivity contribution in [3.05, 3.63) is 48.0 Å². The van der Waals surface area contributed by atoms with Gasteiger partial charge in [-0.15, -0.1) is 0 Å². The number of carbonyl (C=O) groups excluding carboxylic acids is 1. The van der Waals surface area contributed by atoms with E-state index in [1.54, 1.807) is 0 Å². The molecule has 1 heteroatoms. The van der Waals surface area contributed by atoms with E-state index in [0.717, 1.165) is 31.6 Å². The molecule has 1 aliphatic carbocycles. The number of hydrogen-bond donors (Lipinski definition) is 0. The fourth-order valence-electron chi connectivity index (χ4n) is 3.81. The zero-order valence-corrected chi connectivity index (χ0v) is 12.8. The maximum atomic E-state index is 12.3. The van der Waals surface area contributed by atoms with Crippen LogP contribution in [0.4, 0.5) is 0 Å². The largest absolute Gasteiger partial charge is 0.299 e. The lowest BCUT2D eigenvalue weighted by atomic mass is 9.76. The van der Waals surface area contributed by atoms with Crippen LogP contribution < -0.4 is 0 Å². The number of benzene rings is 2. The molecule has 0 heterocycles. The Bertz CT molecular complexity index is 623. The molecule has 110 valence electrons. The molecule has 0 amide bonds. The average molecular weight is 280 g/mol. The first-order chi connectivity index (χ1) is 10.3. The first-order valence-electron chi connectivity index (χ1n) is 8.27. The minimum Gasteiger partial charge on any atom is -0.299 e. The van der Waals surface area contributed by atoms with Gasteiger partial charge in [0.2, 0.25) is 0 Å². The van der Waals surface area contributed by atoms with Crippen LogP contribution in [0.1, 0.15) is 44.6 Å². The van der Waals surface area contributed by atoms with Crippen molar-refractivity contribution in [2.24, 2.45) is 11.8 Å². The number of fused-ring (bicyclic) bond motifs is 1. The summed E-state index contributed by atoms with van der Waals surface area (Å²) in [6.07, 6.45) is 6.42. The summed E-state index contributed by atoms with van der Waals surface area (Å²) >= 11 is 0. The van der Waals surface area contributed by atoms with Crippen molar-refractivity contribution in [3.8, 4) is 0 Å². The molecule has 0 saturated heterocycles. The van der Waals surface area contributed by atoms with E-state index in [0.29, 0.717) is 5.78 Å². The van der Waals surface area contributed by atoms with E-state index in [9.17, 15) is 4.79 Å². The molecule has 2 unspecified atom stereocenters. The van der Waals surface area contributed by atoms with Gasteiger partial charge in [-0.25, -0.2) is 0 Å². The third-order valence-electron chi connectivity index (χ3n) is 4.92. The summed E-state index contributed by atoms with van der Waals surface area (Å²) in [7, 11) is 0. The molecule has 21 heavy (non-hydrogen) atoms. The summed E-state index contributed by atoms with van der Waals surface area (Å²) in [6.45, 7) is 2.25. The zero-order valence-electron chi connectivity index (χ0n) is 12.8. The van der Waals surface area contributed by atoms with Gasteiger partial charge in [0.15, 0.2) is 0 Å². The molecule has 3 rings (SSSR count). The van der Waals surface area contributed by atoms with E-state index in [4.69, 9.17) is 0 Å². The SMILES string of the molecule is CCCC1CCC(=O)C(Cc2cccc3ccccc23)C1. The van der Waals surface area contributed by atoms with Crippen LogP contribution in [0.2, 0.25) is 0 Å². The predicted molar refractivity (Wildman–Crippen MR) is 88.4 cm³/mol. The summed E-state index contributed by atoms with van der Waals surface area (Å²) in [4.78, 5) is 12.3. The molecular weight excluding hydrogens is 256 g/mol. The molecule has 2 aromatic carbocycles. The number of ketones is 1. The van der Waals surface area contributed by atoms with Crippen molar-refractivity contribution in [2.75, 3.05) is 0 Å². The second-order valence-electron chi connectivity index (χ2n) is 6.43. The second-order valence-corrected chi connectivity index (χ2v) is 6.43. The molecule has 0 aliphatic heterocycles. The molecular formula is C20H24O. The molecule has 0 aromatic heterocycles. The molecule has 0 N–H and O–H groups in total. The Balaban J connectivity index is 1.82. The fraction of sp³-hybridized carbons (Fsp3) is 0.450. The van der Waals surface area contributed by atoms with E-state index in [2.05, 4.69) is 49.4 Å². The van der Waals surface area contributed by atoms with Crippen LogP contribution >= 0.6 is 0 Å². The third kappa shape index (κ3) is 3.18. The Morgan fingerprint density at radius 3 is 2.76 bits per heavy atom. The lowest BCUT2D eigenvalue weighted by molar-refractivity contribution is -0.125. The quantitative estimate of drug-likeness (QED) is 0.755. The van der Waals surface area contributed by atoms with E-state index >= 15 is 0 Å². The van der Waals surface area contributed by atoms with Gasteiger partial charge >= 0.3 is 0 Å². The van der Waals surface area contributed by atoms with Gasteiger partial charge in [0, 0.05) is 12.3 Å². The second kappa shape index (κ2) is 6.43. The zero-order chi connectivity index (χ0) is 14.7. The van der Waals surface area contributed by atoms with Crippen LogP contribution in [0.15, 0.2) is 42.5 Å². The fourth-order valence-corrected chi connectivity index (χ4v) is 3.81. The van der Waals surface area contributed by atoms with Crippen LogP contribution in [-0.4, -0.2) is 5.78 Å². The maximum Gasteiger partial charge on any atom is 0.136 e. The Morgan fingerprint density at radius 2 is 1.90 bits per heavy atom. The monoisotopic (exact) mass is 280 g/mol. The van der Waals surface area contributed by atoms with Gasteiger partial charge < -0.3 is 0 Å². The van der Waals surface area contributed by atoms with Gasteiger partial charge in [-0.05, 0) is 41.5 Å². The van der Waals surface area contributed by atoms with Crippen molar-refractivity contribution < 1.29 is 4.79 Å². The highest BCUT2D eigenvalue weighted by molar-refractivity contribution is 5.87. The van der Waals surface area contributed by atoms with Crippen LogP contribution in [0.5, 0.6) is 0 Å². The maximum absolute atomic E-state index is 12.3. The van der Waals surface area contributed by atoms with Crippen molar-refractivity contribution >= 4 is 16.6 Å². The molecule has 1 nitrogen and oxygen atoms in total. The van der Waals surface area contributed by atoms with Crippen molar-refractivity contribution in [1.29, 1.82) is 0 Å². The van der Waals surface area contributed by atoms with Gasteiger partial charge in [-0.3, -0.25) is 4.79 Å². The standard InChI is InChI=1S/C20H24O/c1-2-6-15-11-12-20(21)18(13-15)14-17-9-5-8-16-7-3-4-10-19(16)17/h3-5,7-10,15,18H,2,6,11-14H2,1H3. The van der Waals surface area contributed by atoms with Gasteiger partial charge in [0.25, 0.3) is 0 Å². The van der Waals surface area contributed by atoms with Gasteiger partial charge in [0.1, 0.15) is 5.78 Å². The summed E-state index contributed by atoms with van der Waals surface area (Å²) in [6, 6.07) is 15.0. The number of rotatable bonds is 4. The first kappa shape index (κ1) is 14.3. The van der Waals surface area contributed by atoms with Gasteiger partial charge in [-0.2, -0.15) is 0 Å². The smallest absolute Gasteiger partial charge is 0.136 e. The van der Waals surface area contributed by atoms with Crippen molar-refractivity contribution in [2.45, 2.75) is 45.4 Å². The first-order valence-corrected chi connectivity index (χ1v) is 8.27. The Kier molecular flexibility index (Phi) is 4.38. The van der Waals surface area contributed by atoms with Crippen molar-refractivity contribution in [3.63, 3.8) is 0 Å². The van der Waals surface area contributed by atoms with E-state index in [-0.39, 0.29) is 5.92 Å². The van der Waals surface area contributed by atoms with E-state index < -0.39 is 0 Å². The number of hydrogen-bond acceptors (Lipinski definition) is 1. The summed E-state index contributed by atoms with van der Waals surface area (Å²) in [5.41, 5.74) is 1.34.